The number of para-hydroxylation sites is 1. The molecule has 2 aromatic rings. The standard InChI is InChI=1S/C16H19N3O3S/c1-11(2)12-7-9-13(10-8-12)18-16(20)19-14-5-3-4-6-15(14)23(17,21)22/h3-11H,1-2H3,(H2,17,21,22)(H2,18,19,20). The van der Waals surface area contributed by atoms with Gasteiger partial charge in [0.25, 0.3) is 0 Å². The Morgan fingerprint density at radius 2 is 1.61 bits per heavy atom. The molecule has 122 valence electrons. The van der Waals surface area contributed by atoms with Crippen molar-refractivity contribution in [1.82, 2.24) is 0 Å². The Balaban J connectivity index is 2.11. The van der Waals surface area contributed by atoms with Crippen molar-refractivity contribution in [2.24, 2.45) is 5.14 Å². The molecule has 0 aliphatic rings. The lowest BCUT2D eigenvalue weighted by atomic mass is 10.0. The van der Waals surface area contributed by atoms with Gasteiger partial charge in [-0.25, -0.2) is 18.4 Å². The summed E-state index contributed by atoms with van der Waals surface area (Å²) in [6.45, 7) is 4.17. The summed E-state index contributed by atoms with van der Waals surface area (Å²) in [5.41, 5.74) is 1.90. The number of primary sulfonamides is 1. The average molecular weight is 333 g/mol. The van der Waals surface area contributed by atoms with Crippen LogP contribution in [0, 0.1) is 0 Å². The maximum atomic E-state index is 12.0. The minimum atomic E-state index is -3.91. The first-order valence-corrected chi connectivity index (χ1v) is 8.62. The highest BCUT2D eigenvalue weighted by Crippen LogP contribution is 2.20. The highest BCUT2D eigenvalue weighted by atomic mass is 32.2. The van der Waals surface area contributed by atoms with Gasteiger partial charge in [-0.05, 0) is 35.7 Å². The molecule has 0 bridgehead atoms. The van der Waals surface area contributed by atoms with E-state index in [9.17, 15) is 13.2 Å². The highest BCUT2D eigenvalue weighted by Gasteiger charge is 2.15. The molecule has 0 unspecified atom stereocenters. The first-order chi connectivity index (χ1) is 10.8. The number of sulfonamides is 1. The lowest BCUT2D eigenvalue weighted by Crippen LogP contribution is -2.22. The van der Waals surface area contributed by atoms with Crippen LogP contribution in [0.25, 0.3) is 0 Å². The average Bonchev–Trinajstić information content (AvgIpc) is 2.47. The van der Waals surface area contributed by atoms with Gasteiger partial charge < -0.3 is 10.6 Å². The number of urea groups is 1. The first kappa shape index (κ1) is 17.0. The summed E-state index contributed by atoms with van der Waals surface area (Å²) in [6.07, 6.45) is 0. The summed E-state index contributed by atoms with van der Waals surface area (Å²) in [5, 5.41) is 10.3. The molecule has 0 heterocycles. The molecule has 6 nitrogen and oxygen atoms in total. The molecule has 2 amide bonds. The normalized spacial score (nSPS) is 11.3. The molecule has 0 aromatic heterocycles. The van der Waals surface area contributed by atoms with Crippen LogP contribution in [0.2, 0.25) is 0 Å². The third-order valence-corrected chi connectivity index (χ3v) is 4.25. The van der Waals surface area contributed by atoms with E-state index in [1.807, 2.05) is 12.1 Å². The van der Waals surface area contributed by atoms with Crippen LogP contribution in [0.5, 0.6) is 0 Å². The molecule has 0 aliphatic carbocycles. The number of nitrogens with one attached hydrogen (secondary N) is 2. The van der Waals surface area contributed by atoms with Gasteiger partial charge in [-0.3, -0.25) is 0 Å². The molecule has 0 saturated heterocycles. The van der Waals surface area contributed by atoms with Crippen LogP contribution in [0.15, 0.2) is 53.4 Å². The Bertz CT molecular complexity index is 800. The van der Waals surface area contributed by atoms with Crippen molar-refractivity contribution >= 4 is 27.4 Å². The molecule has 0 aliphatic heterocycles. The number of hydrogen-bond acceptors (Lipinski definition) is 3. The molecule has 0 saturated carbocycles. The van der Waals surface area contributed by atoms with Gasteiger partial charge in [-0.1, -0.05) is 38.1 Å². The Hall–Kier alpha value is -2.38. The predicted octanol–water partition coefficient (Wildman–Crippen LogP) is 3.10. The lowest BCUT2D eigenvalue weighted by Gasteiger charge is -2.11. The van der Waals surface area contributed by atoms with Crippen molar-refractivity contribution in [3.63, 3.8) is 0 Å². The molecule has 2 rings (SSSR count). The fourth-order valence-corrected chi connectivity index (χ4v) is 2.75. The highest BCUT2D eigenvalue weighted by molar-refractivity contribution is 7.89. The Kier molecular flexibility index (Phi) is 5.02. The van der Waals surface area contributed by atoms with Crippen molar-refractivity contribution < 1.29 is 13.2 Å². The summed E-state index contributed by atoms with van der Waals surface area (Å²) < 4.78 is 23.0. The topological polar surface area (TPSA) is 101 Å². The van der Waals surface area contributed by atoms with E-state index in [-0.39, 0.29) is 10.6 Å². The fourth-order valence-electron chi connectivity index (χ4n) is 2.05. The molecule has 4 N–H and O–H groups in total. The maximum Gasteiger partial charge on any atom is 0.323 e. The smallest absolute Gasteiger partial charge is 0.308 e. The third kappa shape index (κ3) is 4.54. The maximum absolute atomic E-state index is 12.0. The second-order valence-electron chi connectivity index (χ2n) is 5.40. The van der Waals surface area contributed by atoms with Crippen LogP contribution < -0.4 is 15.8 Å². The molecule has 0 spiro atoms. The number of rotatable bonds is 4. The van der Waals surface area contributed by atoms with Gasteiger partial charge in [0.15, 0.2) is 0 Å². The van der Waals surface area contributed by atoms with E-state index in [0.29, 0.717) is 11.6 Å². The van der Waals surface area contributed by atoms with E-state index in [1.165, 1.54) is 18.2 Å². The van der Waals surface area contributed by atoms with Crippen molar-refractivity contribution in [3.8, 4) is 0 Å². The molecule has 2 aromatic carbocycles. The number of hydrogen-bond donors (Lipinski definition) is 3. The fraction of sp³-hybridized carbons (Fsp3) is 0.188. The SMILES string of the molecule is CC(C)c1ccc(NC(=O)Nc2ccccc2S(N)(=O)=O)cc1. The zero-order valence-electron chi connectivity index (χ0n) is 12.9. The third-order valence-electron chi connectivity index (χ3n) is 3.28. The predicted molar refractivity (Wildman–Crippen MR) is 91.0 cm³/mol. The number of benzene rings is 2. The van der Waals surface area contributed by atoms with Crippen LogP contribution in [0.3, 0.4) is 0 Å². The first-order valence-electron chi connectivity index (χ1n) is 7.07. The number of nitrogens with two attached hydrogens (primary N) is 1. The molecular weight excluding hydrogens is 314 g/mol. The summed E-state index contributed by atoms with van der Waals surface area (Å²) in [5.74, 6) is 0.402. The van der Waals surface area contributed by atoms with Gasteiger partial charge in [0.2, 0.25) is 10.0 Å². The van der Waals surface area contributed by atoms with Crippen LogP contribution >= 0.6 is 0 Å². The van der Waals surface area contributed by atoms with Gasteiger partial charge in [-0.15, -0.1) is 0 Å². The monoisotopic (exact) mass is 333 g/mol. The van der Waals surface area contributed by atoms with Crippen LogP contribution in [-0.2, 0) is 10.0 Å². The Morgan fingerprint density at radius 3 is 2.17 bits per heavy atom. The summed E-state index contributed by atoms with van der Waals surface area (Å²) >= 11 is 0. The van der Waals surface area contributed by atoms with E-state index >= 15 is 0 Å². The molecule has 0 fully saturated rings. The van der Waals surface area contributed by atoms with Gasteiger partial charge in [-0.2, -0.15) is 0 Å². The molecular formula is C16H19N3O3S. The zero-order chi connectivity index (χ0) is 17.0. The largest absolute Gasteiger partial charge is 0.323 e. The van der Waals surface area contributed by atoms with Gasteiger partial charge in [0, 0.05) is 5.69 Å². The number of carbonyl (C=O) groups excluding carboxylic acids is 1. The van der Waals surface area contributed by atoms with Crippen molar-refractivity contribution in [2.45, 2.75) is 24.7 Å². The van der Waals surface area contributed by atoms with Crippen molar-refractivity contribution in [3.05, 3.63) is 54.1 Å². The molecule has 7 heteroatoms. The summed E-state index contributed by atoms with van der Waals surface area (Å²) in [6, 6.07) is 12.9. The number of amides is 2. The van der Waals surface area contributed by atoms with Gasteiger partial charge in [0.1, 0.15) is 4.90 Å². The Morgan fingerprint density at radius 1 is 1.00 bits per heavy atom. The van der Waals surface area contributed by atoms with Crippen molar-refractivity contribution in [1.29, 1.82) is 0 Å². The molecule has 0 radical (unpaired) electrons. The van der Waals surface area contributed by atoms with E-state index in [2.05, 4.69) is 24.5 Å². The van der Waals surface area contributed by atoms with E-state index in [1.54, 1.807) is 18.2 Å². The van der Waals surface area contributed by atoms with Gasteiger partial charge >= 0.3 is 6.03 Å². The quantitative estimate of drug-likeness (QED) is 0.801. The van der Waals surface area contributed by atoms with Crippen LogP contribution in [0.1, 0.15) is 25.3 Å². The van der Waals surface area contributed by atoms with E-state index < -0.39 is 16.1 Å². The Labute approximate surface area is 135 Å². The van der Waals surface area contributed by atoms with Gasteiger partial charge in [0.05, 0.1) is 5.69 Å². The van der Waals surface area contributed by atoms with Crippen molar-refractivity contribution in [2.75, 3.05) is 10.6 Å². The second-order valence-corrected chi connectivity index (χ2v) is 6.93. The van der Waals surface area contributed by atoms with E-state index in [0.717, 1.165) is 5.56 Å². The lowest BCUT2D eigenvalue weighted by molar-refractivity contribution is 0.262. The molecule has 0 atom stereocenters. The number of anilines is 2. The second kappa shape index (κ2) is 6.80. The number of carbonyl (C=O) groups is 1. The van der Waals surface area contributed by atoms with Crippen LogP contribution in [-0.4, -0.2) is 14.4 Å². The minimum absolute atomic E-state index is 0.131. The van der Waals surface area contributed by atoms with Crippen LogP contribution in [0.4, 0.5) is 16.2 Å². The summed E-state index contributed by atoms with van der Waals surface area (Å²) in [4.78, 5) is 11.9. The molecule has 23 heavy (non-hydrogen) atoms. The van der Waals surface area contributed by atoms with E-state index in [4.69, 9.17) is 5.14 Å². The summed E-state index contributed by atoms with van der Waals surface area (Å²) in [7, 11) is -3.91. The minimum Gasteiger partial charge on any atom is -0.308 e. The zero-order valence-corrected chi connectivity index (χ0v) is 13.7.